The van der Waals surface area contributed by atoms with Gasteiger partial charge in [0.25, 0.3) is 0 Å². The van der Waals surface area contributed by atoms with Crippen LogP contribution in [0.3, 0.4) is 0 Å². The molecule has 1 fully saturated rings. The fourth-order valence-electron chi connectivity index (χ4n) is 2.29. The molecule has 2 aliphatic heterocycles. The second-order valence-corrected chi connectivity index (χ2v) is 5.71. The Balaban J connectivity index is 1.95. The lowest BCUT2D eigenvalue weighted by molar-refractivity contribution is 0.222. The standard InChI is InChI=1S/C11H12ClNS/c12-11-13-6-9-4-2-1-3-8(9)5-10(13)7-14-11/h1-4,10-11H,5-7H2. The first-order valence-corrected chi connectivity index (χ1v) is 6.41. The number of benzene rings is 1. The van der Waals surface area contributed by atoms with Gasteiger partial charge in [-0.2, -0.15) is 0 Å². The Morgan fingerprint density at radius 1 is 1.29 bits per heavy atom. The zero-order valence-corrected chi connectivity index (χ0v) is 9.39. The van der Waals surface area contributed by atoms with Gasteiger partial charge >= 0.3 is 0 Å². The summed E-state index contributed by atoms with van der Waals surface area (Å²) >= 11 is 8.11. The quantitative estimate of drug-likeness (QED) is 0.494. The molecular weight excluding hydrogens is 214 g/mol. The molecule has 0 N–H and O–H groups in total. The molecule has 2 atom stereocenters. The number of alkyl halides is 1. The van der Waals surface area contributed by atoms with Gasteiger partial charge in [-0.05, 0) is 17.5 Å². The average molecular weight is 226 g/mol. The fraction of sp³-hybridized carbons (Fsp3) is 0.455. The van der Waals surface area contributed by atoms with E-state index in [1.54, 1.807) is 0 Å². The number of rotatable bonds is 0. The van der Waals surface area contributed by atoms with Crippen molar-refractivity contribution < 1.29 is 0 Å². The molecule has 1 nitrogen and oxygen atoms in total. The smallest absolute Gasteiger partial charge is 0.132 e. The van der Waals surface area contributed by atoms with Gasteiger partial charge in [-0.1, -0.05) is 35.9 Å². The first kappa shape index (κ1) is 9.08. The summed E-state index contributed by atoms with van der Waals surface area (Å²) < 4.78 is 0. The number of halogens is 1. The summed E-state index contributed by atoms with van der Waals surface area (Å²) in [6, 6.07) is 9.38. The molecule has 1 saturated heterocycles. The first-order valence-electron chi connectivity index (χ1n) is 4.93. The summed E-state index contributed by atoms with van der Waals surface area (Å²) in [6.07, 6.45) is 1.17. The topological polar surface area (TPSA) is 3.24 Å². The maximum atomic E-state index is 6.24. The lowest BCUT2D eigenvalue weighted by Gasteiger charge is -2.32. The van der Waals surface area contributed by atoms with E-state index in [1.807, 2.05) is 11.8 Å². The van der Waals surface area contributed by atoms with Crippen LogP contribution in [-0.4, -0.2) is 21.5 Å². The monoisotopic (exact) mass is 225 g/mol. The van der Waals surface area contributed by atoms with Crippen molar-refractivity contribution in [2.24, 2.45) is 0 Å². The minimum Gasteiger partial charge on any atom is -0.271 e. The van der Waals surface area contributed by atoms with Crippen LogP contribution in [0.25, 0.3) is 0 Å². The molecule has 2 heterocycles. The van der Waals surface area contributed by atoms with Crippen molar-refractivity contribution in [3.8, 4) is 0 Å². The molecule has 2 unspecified atom stereocenters. The summed E-state index contributed by atoms with van der Waals surface area (Å²) in [7, 11) is 0. The van der Waals surface area contributed by atoms with Gasteiger partial charge in [-0.25, -0.2) is 0 Å². The molecule has 14 heavy (non-hydrogen) atoms. The van der Waals surface area contributed by atoms with Crippen LogP contribution in [0.5, 0.6) is 0 Å². The van der Waals surface area contributed by atoms with E-state index in [0.717, 1.165) is 6.54 Å². The molecule has 0 spiro atoms. The maximum Gasteiger partial charge on any atom is 0.132 e. The first-order chi connectivity index (χ1) is 6.84. The highest BCUT2D eigenvalue weighted by Crippen LogP contribution is 2.37. The third kappa shape index (κ3) is 1.37. The molecule has 1 aromatic rings. The molecular formula is C11H12ClNS. The highest BCUT2D eigenvalue weighted by molar-refractivity contribution is 8.01. The summed E-state index contributed by atoms with van der Waals surface area (Å²) in [5.74, 6) is 1.18. The lowest BCUT2D eigenvalue weighted by atomic mass is 9.95. The molecule has 0 radical (unpaired) electrons. The predicted octanol–water partition coefficient (Wildman–Crippen LogP) is 2.68. The van der Waals surface area contributed by atoms with Gasteiger partial charge < -0.3 is 0 Å². The van der Waals surface area contributed by atoms with E-state index >= 15 is 0 Å². The minimum atomic E-state index is 0.188. The van der Waals surface area contributed by atoms with Crippen molar-refractivity contribution in [3.63, 3.8) is 0 Å². The zero-order valence-electron chi connectivity index (χ0n) is 7.82. The zero-order chi connectivity index (χ0) is 9.54. The maximum absolute atomic E-state index is 6.24. The summed E-state index contributed by atoms with van der Waals surface area (Å²) in [4.78, 5) is 2.60. The molecule has 0 aliphatic carbocycles. The Morgan fingerprint density at radius 3 is 2.93 bits per heavy atom. The van der Waals surface area contributed by atoms with Crippen LogP contribution >= 0.6 is 23.4 Å². The van der Waals surface area contributed by atoms with Crippen LogP contribution in [0.4, 0.5) is 0 Å². The molecule has 0 bridgehead atoms. The molecule has 3 rings (SSSR count). The highest BCUT2D eigenvalue weighted by atomic mass is 35.5. The second kappa shape index (κ2) is 3.44. The molecule has 0 amide bonds. The average Bonchev–Trinajstić information content (AvgIpc) is 2.57. The summed E-state index contributed by atoms with van der Waals surface area (Å²) in [6.45, 7) is 1.03. The molecule has 2 aliphatic rings. The van der Waals surface area contributed by atoms with Crippen molar-refractivity contribution in [3.05, 3.63) is 35.4 Å². The molecule has 74 valence electrons. The van der Waals surface area contributed by atoms with E-state index in [2.05, 4.69) is 29.2 Å². The normalized spacial score (nSPS) is 31.2. The van der Waals surface area contributed by atoms with Crippen molar-refractivity contribution in [2.45, 2.75) is 23.8 Å². The van der Waals surface area contributed by atoms with Gasteiger partial charge in [-0.15, -0.1) is 11.8 Å². The van der Waals surface area contributed by atoms with Crippen LogP contribution < -0.4 is 0 Å². The van der Waals surface area contributed by atoms with Crippen LogP contribution in [0, 0.1) is 0 Å². The van der Waals surface area contributed by atoms with E-state index in [4.69, 9.17) is 11.6 Å². The summed E-state index contributed by atoms with van der Waals surface area (Å²) in [5.41, 5.74) is 2.97. The van der Waals surface area contributed by atoms with E-state index in [0.29, 0.717) is 6.04 Å². The van der Waals surface area contributed by atoms with Gasteiger partial charge in [0.1, 0.15) is 4.83 Å². The highest BCUT2D eigenvalue weighted by Gasteiger charge is 2.35. The Labute approximate surface area is 93.4 Å². The Kier molecular flexibility index (Phi) is 2.23. The van der Waals surface area contributed by atoms with Crippen LogP contribution in [-0.2, 0) is 13.0 Å². The number of hydrogen-bond donors (Lipinski definition) is 0. The van der Waals surface area contributed by atoms with Crippen molar-refractivity contribution in [2.75, 3.05) is 5.75 Å². The van der Waals surface area contributed by atoms with Gasteiger partial charge in [0.15, 0.2) is 0 Å². The van der Waals surface area contributed by atoms with E-state index in [1.165, 1.54) is 23.3 Å². The summed E-state index contributed by atoms with van der Waals surface area (Å²) in [5, 5.41) is 0. The third-order valence-corrected chi connectivity index (χ3v) is 4.83. The van der Waals surface area contributed by atoms with Crippen LogP contribution in [0.1, 0.15) is 11.1 Å². The Bertz CT molecular complexity index is 355. The molecule has 1 aromatic carbocycles. The predicted molar refractivity (Wildman–Crippen MR) is 61.6 cm³/mol. The molecule has 3 heteroatoms. The number of nitrogens with zero attached hydrogens (tertiary/aromatic N) is 1. The van der Waals surface area contributed by atoms with Crippen LogP contribution in [0.15, 0.2) is 24.3 Å². The minimum absolute atomic E-state index is 0.188. The Hall–Kier alpha value is -0.180. The van der Waals surface area contributed by atoms with E-state index < -0.39 is 0 Å². The number of fused-ring (bicyclic) bond motifs is 2. The Morgan fingerprint density at radius 2 is 2.07 bits per heavy atom. The fourth-order valence-corrected chi connectivity index (χ4v) is 3.86. The lowest BCUT2D eigenvalue weighted by Crippen LogP contribution is -2.39. The van der Waals surface area contributed by atoms with Crippen molar-refractivity contribution in [1.29, 1.82) is 0 Å². The SMILES string of the molecule is ClC1SCC2Cc3ccccc3CN21. The van der Waals surface area contributed by atoms with E-state index in [-0.39, 0.29) is 4.83 Å². The largest absolute Gasteiger partial charge is 0.271 e. The molecule has 0 saturated carbocycles. The molecule has 0 aromatic heterocycles. The van der Waals surface area contributed by atoms with Gasteiger partial charge in [0, 0.05) is 18.3 Å². The van der Waals surface area contributed by atoms with Crippen molar-refractivity contribution in [1.82, 2.24) is 4.90 Å². The second-order valence-electron chi connectivity index (χ2n) is 3.92. The van der Waals surface area contributed by atoms with Crippen LogP contribution in [0.2, 0.25) is 0 Å². The number of thioether (sulfide) groups is 1. The third-order valence-electron chi connectivity index (χ3n) is 3.08. The van der Waals surface area contributed by atoms with Gasteiger partial charge in [0.05, 0.1) is 0 Å². The van der Waals surface area contributed by atoms with Gasteiger partial charge in [0.2, 0.25) is 0 Å². The van der Waals surface area contributed by atoms with E-state index in [9.17, 15) is 0 Å². The van der Waals surface area contributed by atoms with Gasteiger partial charge in [-0.3, -0.25) is 4.90 Å². The number of hydrogen-bond acceptors (Lipinski definition) is 2. The van der Waals surface area contributed by atoms with Crippen molar-refractivity contribution >= 4 is 23.4 Å².